The summed E-state index contributed by atoms with van der Waals surface area (Å²) in [7, 11) is 0. The highest BCUT2D eigenvalue weighted by Crippen LogP contribution is 2.17. The predicted molar refractivity (Wildman–Crippen MR) is 76.2 cm³/mol. The first kappa shape index (κ1) is 14.4. The molecule has 0 aliphatic rings. The van der Waals surface area contributed by atoms with Crippen LogP contribution in [0.4, 0.5) is 21.5 Å². The lowest BCUT2D eigenvalue weighted by Crippen LogP contribution is -2.14. The maximum absolute atomic E-state index is 13.0. The summed E-state index contributed by atoms with van der Waals surface area (Å²) >= 11 is 0. The molecule has 7 heteroatoms. The first-order valence-electron chi connectivity index (χ1n) is 6.04. The number of nitro groups is 1. The Morgan fingerprint density at radius 3 is 2.71 bits per heavy atom. The molecule has 108 valence electrons. The third-order valence-corrected chi connectivity index (χ3v) is 2.77. The molecule has 0 spiro atoms. The van der Waals surface area contributed by atoms with Gasteiger partial charge in [0.25, 0.3) is 5.69 Å². The van der Waals surface area contributed by atoms with Crippen LogP contribution in [-0.2, 0) is 11.2 Å². The van der Waals surface area contributed by atoms with Crippen molar-refractivity contribution < 1.29 is 14.1 Å². The topological polar surface area (TPSA) is 98.3 Å². The number of anilines is 2. The van der Waals surface area contributed by atoms with E-state index in [9.17, 15) is 19.3 Å². The summed E-state index contributed by atoms with van der Waals surface area (Å²) in [5.74, 6) is -0.937. The van der Waals surface area contributed by atoms with Gasteiger partial charge in [0.05, 0.1) is 17.0 Å². The molecule has 0 heterocycles. The van der Waals surface area contributed by atoms with Crippen LogP contribution in [-0.4, -0.2) is 10.8 Å². The van der Waals surface area contributed by atoms with E-state index in [1.165, 1.54) is 30.3 Å². The number of amides is 1. The van der Waals surface area contributed by atoms with Crippen molar-refractivity contribution in [3.05, 3.63) is 64.0 Å². The quantitative estimate of drug-likeness (QED) is 0.513. The summed E-state index contributed by atoms with van der Waals surface area (Å²) in [5.41, 5.74) is 6.13. The van der Waals surface area contributed by atoms with Crippen molar-refractivity contribution in [1.82, 2.24) is 0 Å². The number of hydrogen-bond donors (Lipinski definition) is 2. The summed E-state index contributed by atoms with van der Waals surface area (Å²) in [6.45, 7) is 0. The number of nitrogen functional groups attached to an aromatic ring is 1. The lowest BCUT2D eigenvalue weighted by molar-refractivity contribution is -0.384. The van der Waals surface area contributed by atoms with Gasteiger partial charge in [0.1, 0.15) is 5.82 Å². The molecule has 0 aromatic heterocycles. The number of non-ortho nitro benzene ring substituents is 1. The van der Waals surface area contributed by atoms with Crippen LogP contribution in [0, 0.1) is 15.9 Å². The van der Waals surface area contributed by atoms with Gasteiger partial charge in [-0.3, -0.25) is 14.9 Å². The lowest BCUT2D eigenvalue weighted by Gasteiger charge is -2.06. The fourth-order valence-corrected chi connectivity index (χ4v) is 1.79. The number of carbonyl (C=O) groups is 1. The van der Waals surface area contributed by atoms with Crippen LogP contribution in [0.2, 0.25) is 0 Å². The second-order valence-corrected chi connectivity index (χ2v) is 4.39. The molecule has 6 nitrogen and oxygen atoms in total. The molecule has 3 N–H and O–H groups in total. The first-order valence-corrected chi connectivity index (χ1v) is 6.04. The van der Waals surface area contributed by atoms with Gasteiger partial charge in [-0.2, -0.15) is 0 Å². The van der Waals surface area contributed by atoms with Gasteiger partial charge in [-0.1, -0.05) is 12.1 Å². The number of nitro benzene ring substituents is 1. The molecule has 2 aromatic rings. The maximum Gasteiger partial charge on any atom is 0.269 e. The molecule has 0 saturated carbocycles. The van der Waals surface area contributed by atoms with E-state index >= 15 is 0 Å². The van der Waals surface area contributed by atoms with E-state index in [0.717, 1.165) is 6.07 Å². The van der Waals surface area contributed by atoms with Crippen molar-refractivity contribution in [2.24, 2.45) is 0 Å². The van der Waals surface area contributed by atoms with Crippen molar-refractivity contribution in [3.8, 4) is 0 Å². The number of halogens is 1. The largest absolute Gasteiger partial charge is 0.396 e. The molecule has 0 atom stereocenters. The Kier molecular flexibility index (Phi) is 4.13. The van der Waals surface area contributed by atoms with Crippen molar-refractivity contribution in [2.45, 2.75) is 6.42 Å². The van der Waals surface area contributed by atoms with Crippen LogP contribution in [0.3, 0.4) is 0 Å². The van der Waals surface area contributed by atoms with Gasteiger partial charge in [0, 0.05) is 17.8 Å². The van der Waals surface area contributed by atoms with Crippen LogP contribution < -0.4 is 11.1 Å². The molecule has 0 aliphatic carbocycles. The second kappa shape index (κ2) is 6.00. The minimum Gasteiger partial charge on any atom is -0.396 e. The predicted octanol–water partition coefficient (Wildman–Crippen LogP) is 2.50. The first-order chi connectivity index (χ1) is 9.95. The molecule has 2 aromatic carbocycles. The molecular formula is C14H12FN3O3. The Morgan fingerprint density at radius 1 is 1.29 bits per heavy atom. The van der Waals surface area contributed by atoms with E-state index in [-0.39, 0.29) is 23.7 Å². The van der Waals surface area contributed by atoms with Crippen LogP contribution in [0.15, 0.2) is 42.5 Å². The van der Waals surface area contributed by atoms with Crippen LogP contribution in [0.25, 0.3) is 0 Å². The minimum atomic E-state index is -0.563. The standard InChI is InChI=1S/C14H12FN3O3/c15-12-5-4-10(8-13(12)16)17-14(19)7-9-2-1-3-11(6-9)18(20)21/h1-6,8H,7,16H2,(H,17,19). The summed E-state index contributed by atoms with van der Waals surface area (Å²) in [4.78, 5) is 22.0. The average Bonchev–Trinajstić information content (AvgIpc) is 2.43. The molecule has 0 radical (unpaired) electrons. The molecule has 21 heavy (non-hydrogen) atoms. The average molecular weight is 289 g/mol. The number of rotatable bonds is 4. The summed E-state index contributed by atoms with van der Waals surface area (Å²) in [6.07, 6.45) is -0.0288. The van der Waals surface area contributed by atoms with Gasteiger partial charge in [-0.25, -0.2) is 4.39 Å². The SMILES string of the molecule is Nc1cc(NC(=O)Cc2cccc([N+](=O)[O-])c2)ccc1F. The van der Waals surface area contributed by atoms with Gasteiger partial charge in [0.15, 0.2) is 0 Å². The fraction of sp³-hybridized carbons (Fsp3) is 0.0714. The Hall–Kier alpha value is -2.96. The Bertz CT molecular complexity index is 704. The molecule has 0 fully saturated rings. The molecule has 0 aliphatic heterocycles. The normalized spacial score (nSPS) is 10.1. The molecule has 1 amide bonds. The summed E-state index contributed by atoms with van der Waals surface area (Å²) < 4.78 is 13.0. The molecule has 0 bridgehead atoms. The van der Waals surface area contributed by atoms with Gasteiger partial charge in [0.2, 0.25) is 5.91 Å². The third kappa shape index (κ3) is 3.75. The maximum atomic E-state index is 13.0. The van der Waals surface area contributed by atoms with E-state index in [1.54, 1.807) is 6.07 Å². The van der Waals surface area contributed by atoms with Gasteiger partial charge in [-0.05, 0) is 23.8 Å². The van der Waals surface area contributed by atoms with Gasteiger partial charge < -0.3 is 11.1 Å². The number of nitrogens with one attached hydrogen (secondary N) is 1. The lowest BCUT2D eigenvalue weighted by atomic mass is 10.1. The van der Waals surface area contributed by atoms with Crippen molar-refractivity contribution >= 4 is 23.0 Å². The molecule has 0 unspecified atom stereocenters. The zero-order valence-corrected chi connectivity index (χ0v) is 10.9. The minimum absolute atomic E-state index is 0.0288. The number of carbonyl (C=O) groups excluding carboxylic acids is 1. The van der Waals surface area contributed by atoms with E-state index in [1.807, 2.05) is 0 Å². The van der Waals surface area contributed by atoms with Crippen molar-refractivity contribution in [2.75, 3.05) is 11.1 Å². The zero-order valence-electron chi connectivity index (χ0n) is 10.9. The number of benzene rings is 2. The van der Waals surface area contributed by atoms with E-state index in [4.69, 9.17) is 5.73 Å². The molecule has 2 rings (SSSR count). The number of nitrogens with two attached hydrogens (primary N) is 1. The van der Waals surface area contributed by atoms with Crippen molar-refractivity contribution in [1.29, 1.82) is 0 Å². The molecular weight excluding hydrogens is 277 g/mol. The zero-order chi connectivity index (χ0) is 15.4. The van der Waals surface area contributed by atoms with E-state index < -0.39 is 10.7 Å². The molecule has 0 saturated heterocycles. The van der Waals surface area contributed by atoms with Crippen molar-refractivity contribution in [3.63, 3.8) is 0 Å². The third-order valence-electron chi connectivity index (χ3n) is 2.77. The highest BCUT2D eigenvalue weighted by atomic mass is 19.1. The van der Waals surface area contributed by atoms with Gasteiger partial charge >= 0.3 is 0 Å². The smallest absolute Gasteiger partial charge is 0.269 e. The van der Waals surface area contributed by atoms with Crippen LogP contribution >= 0.6 is 0 Å². The summed E-state index contributed by atoms with van der Waals surface area (Å²) in [6, 6.07) is 9.65. The van der Waals surface area contributed by atoms with E-state index in [2.05, 4.69) is 5.32 Å². The number of nitrogens with zero attached hydrogens (tertiary/aromatic N) is 1. The van der Waals surface area contributed by atoms with Crippen LogP contribution in [0.1, 0.15) is 5.56 Å². The fourth-order valence-electron chi connectivity index (χ4n) is 1.79. The van der Waals surface area contributed by atoms with Crippen LogP contribution in [0.5, 0.6) is 0 Å². The highest BCUT2D eigenvalue weighted by Gasteiger charge is 2.10. The Balaban J connectivity index is 2.06. The van der Waals surface area contributed by atoms with E-state index in [0.29, 0.717) is 11.3 Å². The highest BCUT2D eigenvalue weighted by molar-refractivity contribution is 5.92. The van der Waals surface area contributed by atoms with Gasteiger partial charge in [-0.15, -0.1) is 0 Å². The second-order valence-electron chi connectivity index (χ2n) is 4.39. The summed E-state index contributed by atoms with van der Waals surface area (Å²) in [5, 5.41) is 13.2. The Labute approximate surface area is 119 Å². The monoisotopic (exact) mass is 289 g/mol. The Morgan fingerprint density at radius 2 is 2.05 bits per heavy atom. The number of hydrogen-bond acceptors (Lipinski definition) is 4.